The van der Waals surface area contributed by atoms with Crippen molar-refractivity contribution in [1.82, 2.24) is 16.1 Å². The summed E-state index contributed by atoms with van der Waals surface area (Å²) in [5.41, 5.74) is 6.05. The van der Waals surface area contributed by atoms with Gasteiger partial charge in [0.05, 0.1) is 0 Å². The maximum absolute atomic E-state index is 12.9. The Hall–Kier alpha value is -3.71. The molecule has 1 saturated carbocycles. The number of unbranched alkanes of at least 4 members (excludes halogenated alkanes) is 2. The topological polar surface area (TPSA) is 108 Å². The first-order valence-electron chi connectivity index (χ1n) is 12.0. The summed E-state index contributed by atoms with van der Waals surface area (Å²) < 4.78 is 0. The average Bonchev–Trinajstić information content (AvgIpc) is 3.68. The van der Waals surface area contributed by atoms with E-state index >= 15 is 0 Å². The highest BCUT2D eigenvalue weighted by atomic mass is 16.5. The molecule has 1 fully saturated rings. The van der Waals surface area contributed by atoms with Crippen LogP contribution in [0.15, 0.2) is 54.6 Å². The molecule has 2 aromatic rings. The third kappa shape index (κ3) is 9.22. The van der Waals surface area contributed by atoms with Crippen molar-refractivity contribution in [2.75, 3.05) is 6.54 Å². The van der Waals surface area contributed by atoms with Gasteiger partial charge in [-0.15, -0.1) is 0 Å². The molecule has 2 aromatic carbocycles. The monoisotopic (exact) mass is 475 g/mol. The van der Waals surface area contributed by atoms with Crippen LogP contribution in [-0.4, -0.2) is 35.5 Å². The molecular weight excluding hydrogens is 442 g/mol. The smallest absolute Gasteiger partial charge is 0.252 e. The summed E-state index contributed by atoms with van der Waals surface area (Å²) in [7, 11) is 0. The standard InChI is InChI=1S/C28H33N3O4/c1-20-6-13-23(14-7-20)25(28(34)30-24-15-16-24)19-22-10-8-21(9-11-22)12-17-26(32)29-18-4-2-3-5-27(33)31-35/h6-14,17,19,24,35H,2-5,15-16,18H2,1H3,(H,29,32)(H,30,34)(H,31,33). The Labute approximate surface area is 206 Å². The summed E-state index contributed by atoms with van der Waals surface area (Å²) in [6, 6.07) is 15.9. The minimum absolute atomic E-state index is 0.0614. The summed E-state index contributed by atoms with van der Waals surface area (Å²) >= 11 is 0. The van der Waals surface area contributed by atoms with Gasteiger partial charge >= 0.3 is 0 Å². The predicted molar refractivity (Wildman–Crippen MR) is 137 cm³/mol. The van der Waals surface area contributed by atoms with Crippen LogP contribution >= 0.6 is 0 Å². The van der Waals surface area contributed by atoms with Crippen LogP contribution in [0.25, 0.3) is 17.7 Å². The largest absolute Gasteiger partial charge is 0.353 e. The molecule has 4 N–H and O–H groups in total. The van der Waals surface area contributed by atoms with Gasteiger partial charge in [0.1, 0.15) is 0 Å². The SMILES string of the molecule is Cc1ccc(C(=Cc2ccc(C=CC(=O)NCCCCCC(=O)NO)cc2)C(=O)NC2CC2)cc1. The molecule has 0 aromatic heterocycles. The van der Waals surface area contributed by atoms with E-state index in [4.69, 9.17) is 5.21 Å². The number of carbonyl (C=O) groups excluding carboxylic acids is 3. The molecule has 7 nitrogen and oxygen atoms in total. The lowest BCUT2D eigenvalue weighted by molar-refractivity contribution is -0.129. The number of hydrogen-bond donors (Lipinski definition) is 4. The van der Waals surface area contributed by atoms with Crippen molar-refractivity contribution in [2.45, 2.75) is 51.5 Å². The van der Waals surface area contributed by atoms with Crippen molar-refractivity contribution in [3.8, 4) is 0 Å². The number of carbonyl (C=O) groups is 3. The quantitative estimate of drug-likeness (QED) is 0.122. The van der Waals surface area contributed by atoms with Crippen LogP contribution < -0.4 is 16.1 Å². The molecule has 1 aliphatic rings. The van der Waals surface area contributed by atoms with Crippen molar-refractivity contribution < 1.29 is 19.6 Å². The van der Waals surface area contributed by atoms with Crippen LogP contribution in [0.3, 0.4) is 0 Å². The molecular formula is C28H33N3O4. The molecule has 0 radical (unpaired) electrons. The first kappa shape index (κ1) is 25.9. The van der Waals surface area contributed by atoms with Gasteiger partial charge in [-0.25, -0.2) is 5.48 Å². The number of benzene rings is 2. The van der Waals surface area contributed by atoms with E-state index in [9.17, 15) is 14.4 Å². The van der Waals surface area contributed by atoms with E-state index in [1.807, 2.05) is 61.5 Å². The Morgan fingerprint density at radius 1 is 0.943 bits per heavy atom. The van der Waals surface area contributed by atoms with Gasteiger partial charge in [0.25, 0.3) is 5.91 Å². The summed E-state index contributed by atoms with van der Waals surface area (Å²) in [5.74, 6) is -0.638. The normalized spacial score (nSPS) is 13.5. The maximum atomic E-state index is 12.9. The fraction of sp³-hybridized carbons (Fsp3) is 0.321. The highest BCUT2D eigenvalue weighted by Gasteiger charge is 2.25. The van der Waals surface area contributed by atoms with Crippen LogP contribution in [-0.2, 0) is 14.4 Å². The van der Waals surface area contributed by atoms with E-state index in [2.05, 4.69) is 10.6 Å². The first-order chi connectivity index (χ1) is 16.9. The van der Waals surface area contributed by atoms with Crippen molar-refractivity contribution in [1.29, 1.82) is 0 Å². The second-order valence-corrected chi connectivity index (χ2v) is 8.81. The van der Waals surface area contributed by atoms with Gasteiger partial charge in [0, 0.05) is 30.7 Å². The number of aryl methyl sites for hydroxylation is 1. The van der Waals surface area contributed by atoms with Crippen molar-refractivity contribution >= 4 is 35.4 Å². The molecule has 0 atom stereocenters. The Balaban J connectivity index is 1.54. The summed E-state index contributed by atoms with van der Waals surface area (Å²) in [6.07, 6.45) is 9.68. The predicted octanol–water partition coefficient (Wildman–Crippen LogP) is 4.01. The molecule has 0 saturated heterocycles. The van der Waals surface area contributed by atoms with Gasteiger partial charge in [-0.1, -0.05) is 60.5 Å². The third-order valence-electron chi connectivity index (χ3n) is 5.70. The Bertz CT molecular complexity index is 1070. The molecule has 0 unspecified atom stereocenters. The molecule has 0 bridgehead atoms. The van der Waals surface area contributed by atoms with Gasteiger partial charge in [0.15, 0.2) is 0 Å². The van der Waals surface area contributed by atoms with Crippen LogP contribution in [0.1, 0.15) is 60.8 Å². The molecule has 184 valence electrons. The Morgan fingerprint density at radius 3 is 2.29 bits per heavy atom. The van der Waals surface area contributed by atoms with Crippen LogP contribution in [0.5, 0.6) is 0 Å². The number of hydroxylamine groups is 1. The minimum Gasteiger partial charge on any atom is -0.353 e. The zero-order valence-electron chi connectivity index (χ0n) is 20.0. The van der Waals surface area contributed by atoms with E-state index < -0.39 is 5.91 Å². The molecule has 35 heavy (non-hydrogen) atoms. The molecule has 0 aliphatic heterocycles. The minimum atomic E-state index is -0.397. The molecule has 7 heteroatoms. The van der Waals surface area contributed by atoms with E-state index in [0.717, 1.165) is 47.9 Å². The highest BCUT2D eigenvalue weighted by Crippen LogP contribution is 2.24. The first-order valence-corrected chi connectivity index (χ1v) is 12.0. The number of rotatable bonds is 12. The van der Waals surface area contributed by atoms with Gasteiger partial charge in [-0.3, -0.25) is 19.6 Å². The summed E-state index contributed by atoms with van der Waals surface area (Å²) in [4.78, 5) is 35.8. The zero-order chi connectivity index (χ0) is 25.0. The lowest BCUT2D eigenvalue weighted by Crippen LogP contribution is -2.26. The summed E-state index contributed by atoms with van der Waals surface area (Å²) in [5, 5.41) is 14.3. The van der Waals surface area contributed by atoms with Crippen molar-refractivity contribution in [3.63, 3.8) is 0 Å². The van der Waals surface area contributed by atoms with E-state index in [0.29, 0.717) is 18.5 Å². The van der Waals surface area contributed by atoms with Gasteiger partial charge < -0.3 is 10.6 Å². The summed E-state index contributed by atoms with van der Waals surface area (Å²) in [6.45, 7) is 2.55. The molecule has 3 rings (SSSR count). The van der Waals surface area contributed by atoms with Gasteiger partial charge in [0.2, 0.25) is 11.8 Å². The fourth-order valence-corrected chi connectivity index (χ4v) is 3.46. The lowest BCUT2D eigenvalue weighted by atomic mass is 10.00. The van der Waals surface area contributed by atoms with E-state index in [-0.39, 0.29) is 24.3 Å². The Kier molecular flexibility index (Phi) is 9.80. The molecule has 3 amide bonds. The van der Waals surface area contributed by atoms with E-state index in [1.165, 1.54) is 6.08 Å². The molecule has 0 heterocycles. The van der Waals surface area contributed by atoms with Crippen molar-refractivity contribution in [2.24, 2.45) is 0 Å². The van der Waals surface area contributed by atoms with Crippen LogP contribution in [0.2, 0.25) is 0 Å². The van der Waals surface area contributed by atoms with Gasteiger partial charge in [-0.2, -0.15) is 0 Å². The van der Waals surface area contributed by atoms with Gasteiger partial charge in [-0.05, 0) is 61.4 Å². The van der Waals surface area contributed by atoms with Crippen LogP contribution in [0.4, 0.5) is 0 Å². The maximum Gasteiger partial charge on any atom is 0.252 e. The number of nitrogens with one attached hydrogen (secondary N) is 3. The average molecular weight is 476 g/mol. The number of hydrogen-bond acceptors (Lipinski definition) is 4. The Morgan fingerprint density at radius 2 is 1.63 bits per heavy atom. The van der Waals surface area contributed by atoms with Crippen molar-refractivity contribution in [3.05, 3.63) is 76.9 Å². The van der Waals surface area contributed by atoms with Crippen LogP contribution in [0, 0.1) is 6.92 Å². The zero-order valence-corrected chi connectivity index (χ0v) is 20.0. The van der Waals surface area contributed by atoms with E-state index in [1.54, 1.807) is 11.6 Å². The molecule has 0 spiro atoms. The second-order valence-electron chi connectivity index (χ2n) is 8.81. The number of amides is 3. The lowest BCUT2D eigenvalue weighted by Gasteiger charge is -2.10. The third-order valence-corrected chi connectivity index (χ3v) is 5.70. The fourth-order valence-electron chi connectivity index (χ4n) is 3.46. The second kappa shape index (κ2) is 13.2. The highest BCUT2D eigenvalue weighted by molar-refractivity contribution is 6.24. The molecule has 1 aliphatic carbocycles.